The van der Waals surface area contributed by atoms with Crippen molar-refractivity contribution in [3.63, 3.8) is 0 Å². The number of nitrogens with zero attached hydrogens (tertiary/aromatic N) is 5. The third-order valence-electron chi connectivity index (χ3n) is 3.95. The van der Waals surface area contributed by atoms with Crippen LogP contribution < -0.4 is 10.2 Å². The van der Waals surface area contributed by atoms with Crippen molar-refractivity contribution in [1.29, 1.82) is 0 Å². The fourth-order valence-electron chi connectivity index (χ4n) is 2.96. The number of carbonyl (C=O) groups excluding carboxylic acids is 1. The third kappa shape index (κ3) is 3.58. The lowest BCUT2D eigenvalue weighted by Crippen LogP contribution is -2.49. The van der Waals surface area contributed by atoms with Gasteiger partial charge in [-0.2, -0.15) is 5.10 Å². The van der Waals surface area contributed by atoms with Gasteiger partial charge >= 0.3 is 6.09 Å². The van der Waals surface area contributed by atoms with Crippen molar-refractivity contribution in [2.45, 2.75) is 45.3 Å². The number of hydrogen-bond donors (Lipinski definition) is 1. The van der Waals surface area contributed by atoms with Crippen molar-refractivity contribution < 1.29 is 9.53 Å². The summed E-state index contributed by atoms with van der Waals surface area (Å²) in [5.74, 6) is 0.865. The molecular formula is C16H24N6O2. The molecular weight excluding hydrogens is 308 g/mol. The number of alkyl carbamates (subject to hydrolysis) is 1. The number of hydrogen-bond acceptors (Lipinski definition) is 6. The largest absolute Gasteiger partial charge is 0.444 e. The molecule has 0 aromatic carbocycles. The van der Waals surface area contributed by atoms with E-state index in [1.807, 2.05) is 27.8 Å². The lowest BCUT2D eigenvalue weighted by atomic mass is 10.1. The summed E-state index contributed by atoms with van der Waals surface area (Å²) in [5, 5.41) is 8.15. The zero-order valence-corrected chi connectivity index (χ0v) is 14.6. The second-order valence-corrected chi connectivity index (χ2v) is 7.13. The first-order chi connectivity index (χ1) is 11.3. The molecule has 130 valence electrons. The van der Waals surface area contributed by atoms with E-state index in [1.165, 1.54) is 0 Å². The normalized spacial score (nSPS) is 18.7. The summed E-state index contributed by atoms with van der Waals surface area (Å²) in [6.45, 7) is 7.17. The summed E-state index contributed by atoms with van der Waals surface area (Å²) in [7, 11) is 1.86. The number of fused-ring (bicyclic) bond motifs is 1. The smallest absolute Gasteiger partial charge is 0.407 e. The van der Waals surface area contributed by atoms with Gasteiger partial charge in [-0.25, -0.2) is 14.8 Å². The average Bonchev–Trinajstić information content (AvgIpc) is 2.87. The van der Waals surface area contributed by atoms with Crippen LogP contribution in [0.4, 0.5) is 10.6 Å². The topological polar surface area (TPSA) is 85.2 Å². The van der Waals surface area contributed by atoms with Crippen LogP contribution in [0.3, 0.4) is 0 Å². The van der Waals surface area contributed by atoms with E-state index < -0.39 is 5.60 Å². The van der Waals surface area contributed by atoms with Gasteiger partial charge in [0.05, 0.1) is 11.6 Å². The molecule has 3 heterocycles. The van der Waals surface area contributed by atoms with Crippen LogP contribution >= 0.6 is 0 Å². The Bertz CT molecular complexity index is 736. The molecule has 0 unspecified atom stereocenters. The molecule has 1 fully saturated rings. The standard InChI is InChI=1S/C16H24N6O2/c1-16(2,3)24-15(23)20-11-6-5-7-22(9-11)14-12-8-19-21(4)13(12)17-10-18-14/h8,10-11H,5-7,9H2,1-4H3,(H,20,23)/t11-/m0/s1. The van der Waals surface area contributed by atoms with E-state index in [0.717, 1.165) is 36.2 Å². The number of carbonyl (C=O) groups is 1. The zero-order chi connectivity index (χ0) is 17.3. The molecule has 1 N–H and O–H groups in total. The van der Waals surface area contributed by atoms with Gasteiger partial charge in [-0.15, -0.1) is 0 Å². The molecule has 8 nitrogen and oxygen atoms in total. The zero-order valence-electron chi connectivity index (χ0n) is 14.6. The van der Waals surface area contributed by atoms with Crippen LogP contribution in [0.5, 0.6) is 0 Å². The molecule has 1 saturated heterocycles. The summed E-state index contributed by atoms with van der Waals surface area (Å²) in [4.78, 5) is 22.9. The second kappa shape index (κ2) is 6.26. The molecule has 1 aliphatic rings. The number of aryl methyl sites for hydroxylation is 1. The highest BCUT2D eigenvalue weighted by molar-refractivity contribution is 5.86. The van der Waals surface area contributed by atoms with E-state index in [1.54, 1.807) is 17.2 Å². The van der Waals surface area contributed by atoms with E-state index in [9.17, 15) is 4.79 Å². The van der Waals surface area contributed by atoms with Crippen LogP contribution in [0.1, 0.15) is 33.6 Å². The summed E-state index contributed by atoms with van der Waals surface area (Å²) in [6, 6.07) is 0.0373. The van der Waals surface area contributed by atoms with Crippen LogP contribution in [-0.4, -0.2) is 50.6 Å². The summed E-state index contributed by atoms with van der Waals surface area (Å²) in [6.07, 6.45) is 4.88. The van der Waals surface area contributed by atoms with Gasteiger partial charge in [-0.1, -0.05) is 0 Å². The summed E-state index contributed by atoms with van der Waals surface area (Å²) in [5.41, 5.74) is 0.315. The maximum atomic E-state index is 12.0. The quantitative estimate of drug-likeness (QED) is 0.903. The van der Waals surface area contributed by atoms with Gasteiger partial charge in [0, 0.05) is 26.2 Å². The molecule has 0 aliphatic carbocycles. The predicted molar refractivity (Wildman–Crippen MR) is 90.9 cm³/mol. The molecule has 2 aromatic rings. The maximum absolute atomic E-state index is 12.0. The first-order valence-corrected chi connectivity index (χ1v) is 8.20. The minimum atomic E-state index is -0.493. The minimum Gasteiger partial charge on any atom is -0.444 e. The number of piperidine rings is 1. The van der Waals surface area contributed by atoms with Gasteiger partial charge in [-0.3, -0.25) is 4.68 Å². The predicted octanol–water partition coefficient (Wildman–Crippen LogP) is 1.86. The van der Waals surface area contributed by atoms with Crippen LogP contribution in [0.15, 0.2) is 12.5 Å². The SMILES string of the molecule is Cn1ncc2c(N3CCC[C@H](NC(=O)OC(C)(C)C)C3)ncnc21. The van der Waals surface area contributed by atoms with Gasteiger partial charge in [0.2, 0.25) is 0 Å². The molecule has 0 bridgehead atoms. The maximum Gasteiger partial charge on any atom is 0.407 e. The van der Waals surface area contributed by atoms with Crippen molar-refractivity contribution in [1.82, 2.24) is 25.1 Å². The number of aromatic nitrogens is 4. The third-order valence-corrected chi connectivity index (χ3v) is 3.95. The number of anilines is 1. The molecule has 1 amide bonds. The number of ether oxygens (including phenoxy) is 1. The Hall–Kier alpha value is -2.38. The Kier molecular flexibility index (Phi) is 4.29. The highest BCUT2D eigenvalue weighted by Gasteiger charge is 2.26. The molecule has 0 radical (unpaired) electrons. The molecule has 24 heavy (non-hydrogen) atoms. The van der Waals surface area contributed by atoms with Gasteiger partial charge in [0.25, 0.3) is 0 Å². The van der Waals surface area contributed by atoms with Gasteiger partial charge in [0.15, 0.2) is 5.65 Å². The average molecular weight is 332 g/mol. The highest BCUT2D eigenvalue weighted by Crippen LogP contribution is 2.25. The Morgan fingerprint density at radius 2 is 2.17 bits per heavy atom. The van der Waals surface area contributed by atoms with Crippen molar-refractivity contribution in [2.24, 2.45) is 7.05 Å². The van der Waals surface area contributed by atoms with Crippen LogP contribution in [0.2, 0.25) is 0 Å². The molecule has 3 rings (SSSR count). The van der Waals surface area contributed by atoms with Crippen molar-refractivity contribution >= 4 is 22.9 Å². The van der Waals surface area contributed by atoms with E-state index in [-0.39, 0.29) is 12.1 Å². The van der Waals surface area contributed by atoms with Gasteiger partial charge < -0.3 is 15.0 Å². The van der Waals surface area contributed by atoms with Crippen molar-refractivity contribution in [3.8, 4) is 0 Å². The molecule has 0 saturated carbocycles. The fraction of sp³-hybridized carbons (Fsp3) is 0.625. The van der Waals surface area contributed by atoms with E-state index in [4.69, 9.17) is 4.74 Å². The second-order valence-electron chi connectivity index (χ2n) is 7.13. The first-order valence-electron chi connectivity index (χ1n) is 8.20. The number of rotatable bonds is 2. The summed E-state index contributed by atoms with van der Waals surface area (Å²) < 4.78 is 7.08. The fourth-order valence-corrected chi connectivity index (χ4v) is 2.96. The summed E-state index contributed by atoms with van der Waals surface area (Å²) >= 11 is 0. The molecule has 1 atom stereocenters. The lowest BCUT2D eigenvalue weighted by Gasteiger charge is -2.34. The Morgan fingerprint density at radius 1 is 1.38 bits per heavy atom. The van der Waals surface area contributed by atoms with Crippen LogP contribution in [0, 0.1) is 0 Å². The van der Waals surface area contributed by atoms with Gasteiger partial charge in [-0.05, 0) is 33.6 Å². The molecule has 8 heteroatoms. The van der Waals surface area contributed by atoms with Crippen molar-refractivity contribution in [3.05, 3.63) is 12.5 Å². The first kappa shape index (κ1) is 16.5. The van der Waals surface area contributed by atoms with E-state index in [2.05, 4.69) is 25.3 Å². The molecule has 2 aromatic heterocycles. The number of amides is 1. The molecule has 0 spiro atoms. The van der Waals surface area contributed by atoms with Crippen LogP contribution in [-0.2, 0) is 11.8 Å². The highest BCUT2D eigenvalue weighted by atomic mass is 16.6. The van der Waals surface area contributed by atoms with Crippen molar-refractivity contribution in [2.75, 3.05) is 18.0 Å². The molecule has 1 aliphatic heterocycles. The monoisotopic (exact) mass is 332 g/mol. The Balaban J connectivity index is 1.72. The van der Waals surface area contributed by atoms with Gasteiger partial charge in [0.1, 0.15) is 17.7 Å². The Labute approximate surface area is 141 Å². The minimum absolute atomic E-state index is 0.0373. The number of nitrogens with one attached hydrogen (secondary N) is 1. The van der Waals surface area contributed by atoms with E-state index >= 15 is 0 Å². The lowest BCUT2D eigenvalue weighted by molar-refractivity contribution is 0.0500. The Morgan fingerprint density at radius 3 is 2.92 bits per heavy atom. The van der Waals surface area contributed by atoms with Crippen LogP contribution in [0.25, 0.3) is 11.0 Å². The van der Waals surface area contributed by atoms with E-state index in [0.29, 0.717) is 6.54 Å².